The zero-order chi connectivity index (χ0) is 17.5. The van der Waals surface area contributed by atoms with Crippen molar-refractivity contribution >= 4 is 23.2 Å². The Bertz CT molecular complexity index is 686. The second-order valence-corrected chi connectivity index (χ2v) is 5.91. The van der Waals surface area contributed by atoms with Gasteiger partial charge in [-0.3, -0.25) is 4.79 Å². The van der Waals surface area contributed by atoms with Gasteiger partial charge in [0, 0.05) is 18.5 Å². The van der Waals surface area contributed by atoms with Gasteiger partial charge >= 0.3 is 0 Å². The SMILES string of the molecule is COc1ccc(CCCC(=O)N(C)c2cc(Cl)ccc2OC)cc1. The molecule has 0 saturated heterocycles. The van der Waals surface area contributed by atoms with Gasteiger partial charge in [0.15, 0.2) is 0 Å². The maximum Gasteiger partial charge on any atom is 0.226 e. The third-order valence-corrected chi connectivity index (χ3v) is 4.13. The Kier molecular flexibility index (Phi) is 6.50. The van der Waals surface area contributed by atoms with Crippen LogP contribution in [0.25, 0.3) is 0 Å². The van der Waals surface area contributed by atoms with Crippen molar-refractivity contribution in [1.29, 1.82) is 0 Å². The molecule has 0 radical (unpaired) electrons. The third-order valence-electron chi connectivity index (χ3n) is 3.89. The number of aryl methyl sites for hydroxylation is 1. The molecule has 2 rings (SSSR count). The van der Waals surface area contributed by atoms with E-state index in [2.05, 4.69) is 0 Å². The Labute approximate surface area is 147 Å². The maximum absolute atomic E-state index is 12.4. The number of benzene rings is 2. The average molecular weight is 348 g/mol. The second kappa shape index (κ2) is 8.60. The van der Waals surface area contributed by atoms with Gasteiger partial charge in [0.2, 0.25) is 5.91 Å². The van der Waals surface area contributed by atoms with Crippen LogP contribution in [-0.4, -0.2) is 27.2 Å². The first-order valence-electron chi connectivity index (χ1n) is 7.78. The van der Waals surface area contributed by atoms with Gasteiger partial charge in [0.25, 0.3) is 0 Å². The molecule has 0 bridgehead atoms. The lowest BCUT2D eigenvalue weighted by Gasteiger charge is -2.20. The highest BCUT2D eigenvalue weighted by molar-refractivity contribution is 6.31. The summed E-state index contributed by atoms with van der Waals surface area (Å²) >= 11 is 6.03. The molecule has 2 aromatic rings. The topological polar surface area (TPSA) is 38.8 Å². The van der Waals surface area contributed by atoms with Crippen molar-refractivity contribution in [3.63, 3.8) is 0 Å². The summed E-state index contributed by atoms with van der Waals surface area (Å²) in [5.41, 5.74) is 1.87. The largest absolute Gasteiger partial charge is 0.497 e. The number of ether oxygens (including phenoxy) is 2. The van der Waals surface area contributed by atoms with Crippen molar-refractivity contribution in [3.05, 3.63) is 53.1 Å². The smallest absolute Gasteiger partial charge is 0.226 e. The molecule has 0 aliphatic rings. The van der Waals surface area contributed by atoms with E-state index in [-0.39, 0.29) is 5.91 Å². The molecule has 0 aromatic heterocycles. The van der Waals surface area contributed by atoms with Crippen molar-refractivity contribution in [2.75, 3.05) is 26.2 Å². The van der Waals surface area contributed by atoms with Crippen molar-refractivity contribution in [3.8, 4) is 11.5 Å². The normalized spacial score (nSPS) is 10.3. The predicted molar refractivity (Wildman–Crippen MR) is 97.3 cm³/mol. The lowest BCUT2D eigenvalue weighted by molar-refractivity contribution is -0.118. The molecule has 0 atom stereocenters. The highest BCUT2D eigenvalue weighted by atomic mass is 35.5. The van der Waals surface area contributed by atoms with Crippen LogP contribution in [0.3, 0.4) is 0 Å². The van der Waals surface area contributed by atoms with E-state index in [1.54, 1.807) is 44.4 Å². The molecule has 128 valence electrons. The number of carbonyl (C=O) groups is 1. The molecule has 0 saturated carbocycles. The summed E-state index contributed by atoms with van der Waals surface area (Å²) in [5.74, 6) is 1.50. The first-order chi connectivity index (χ1) is 11.5. The summed E-state index contributed by atoms with van der Waals surface area (Å²) < 4.78 is 10.4. The van der Waals surface area contributed by atoms with E-state index in [1.807, 2.05) is 24.3 Å². The first kappa shape index (κ1) is 18.1. The number of carbonyl (C=O) groups excluding carboxylic acids is 1. The van der Waals surface area contributed by atoms with E-state index < -0.39 is 0 Å². The molecule has 0 heterocycles. The van der Waals surface area contributed by atoms with Gasteiger partial charge in [-0.05, 0) is 48.7 Å². The minimum atomic E-state index is 0.0316. The van der Waals surface area contributed by atoms with Crippen LogP contribution in [0.15, 0.2) is 42.5 Å². The Morgan fingerprint density at radius 2 is 1.79 bits per heavy atom. The third kappa shape index (κ3) is 4.65. The van der Waals surface area contributed by atoms with Crippen LogP contribution in [0.4, 0.5) is 5.69 Å². The fourth-order valence-electron chi connectivity index (χ4n) is 2.46. The van der Waals surface area contributed by atoms with Crippen LogP contribution in [-0.2, 0) is 11.2 Å². The Hall–Kier alpha value is -2.20. The van der Waals surface area contributed by atoms with E-state index >= 15 is 0 Å². The van der Waals surface area contributed by atoms with E-state index in [9.17, 15) is 4.79 Å². The lowest BCUT2D eigenvalue weighted by Crippen LogP contribution is -2.26. The molecule has 1 amide bonds. The van der Waals surface area contributed by atoms with Crippen LogP contribution in [0.5, 0.6) is 11.5 Å². The van der Waals surface area contributed by atoms with E-state index in [4.69, 9.17) is 21.1 Å². The highest BCUT2D eigenvalue weighted by Crippen LogP contribution is 2.31. The van der Waals surface area contributed by atoms with Crippen LogP contribution in [0, 0.1) is 0 Å². The van der Waals surface area contributed by atoms with Crippen LogP contribution in [0.1, 0.15) is 18.4 Å². The fourth-order valence-corrected chi connectivity index (χ4v) is 2.63. The fraction of sp³-hybridized carbons (Fsp3) is 0.316. The van der Waals surface area contributed by atoms with E-state index in [1.165, 1.54) is 5.56 Å². The summed E-state index contributed by atoms with van der Waals surface area (Å²) in [6.07, 6.45) is 2.08. The van der Waals surface area contributed by atoms with Gasteiger partial charge in [0.05, 0.1) is 19.9 Å². The highest BCUT2D eigenvalue weighted by Gasteiger charge is 2.15. The number of hydrogen-bond acceptors (Lipinski definition) is 3. The zero-order valence-electron chi connectivity index (χ0n) is 14.2. The van der Waals surface area contributed by atoms with Gasteiger partial charge in [-0.25, -0.2) is 0 Å². The number of methoxy groups -OCH3 is 2. The summed E-state index contributed by atoms with van der Waals surface area (Å²) in [7, 11) is 4.96. The number of amides is 1. The van der Waals surface area contributed by atoms with Gasteiger partial charge in [-0.15, -0.1) is 0 Å². The van der Waals surface area contributed by atoms with E-state index in [0.717, 1.165) is 18.6 Å². The van der Waals surface area contributed by atoms with Crippen molar-refractivity contribution in [2.45, 2.75) is 19.3 Å². The molecule has 24 heavy (non-hydrogen) atoms. The van der Waals surface area contributed by atoms with Gasteiger partial charge in [0.1, 0.15) is 11.5 Å². The van der Waals surface area contributed by atoms with Crippen molar-refractivity contribution in [1.82, 2.24) is 0 Å². The van der Waals surface area contributed by atoms with E-state index in [0.29, 0.717) is 22.9 Å². The molecule has 0 unspecified atom stereocenters. The maximum atomic E-state index is 12.4. The average Bonchev–Trinajstić information content (AvgIpc) is 2.61. The first-order valence-corrected chi connectivity index (χ1v) is 8.16. The minimum absolute atomic E-state index is 0.0316. The number of anilines is 1. The Morgan fingerprint density at radius 1 is 1.08 bits per heavy atom. The molecule has 0 spiro atoms. The monoisotopic (exact) mass is 347 g/mol. The second-order valence-electron chi connectivity index (χ2n) is 5.47. The van der Waals surface area contributed by atoms with Crippen molar-refractivity contribution in [2.24, 2.45) is 0 Å². The quantitative estimate of drug-likeness (QED) is 0.747. The van der Waals surface area contributed by atoms with Crippen molar-refractivity contribution < 1.29 is 14.3 Å². The zero-order valence-corrected chi connectivity index (χ0v) is 15.0. The number of halogens is 1. The summed E-state index contributed by atoms with van der Waals surface area (Å²) in [4.78, 5) is 14.0. The molecule has 0 aliphatic heterocycles. The number of rotatable bonds is 7. The van der Waals surface area contributed by atoms with Gasteiger partial charge in [-0.2, -0.15) is 0 Å². The molecular formula is C19H22ClNO3. The molecular weight excluding hydrogens is 326 g/mol. The molecule has 2 aromatic carbocycles. The molecule has 5 heteroatoms. The molecule has 0 N–H and O–H groups in total. The van der Waals surface area contributed by atoms with Gasteiger partial charge < -0.3 is 14.4 Å². The predicted octanol–water partition coefficient (Wildman–Crippen LogP) is 4.34. The van der Waals surface area contributed by atoms with Gasteiger partial charge in [-0.1, -0.05) is 23.7 Å². The molecule has 0 aliphatic carbocycles. The molecule has 4 nitrogen and oxygen atoms in total. The standard InChI is InChI=1S/C19H22ClNO3/c1-21(17-13-15(20)9-12-18(17)24-3)19(22)6-4-5-14-7-10-16(23-2)11-8-14/h7-13H,4-6H2,1-3H3. The summed E-state index contributed by atoms with van der Waals surface area (Å²) in [6.45, 7) is 0. The van der Waals surface area contributed by atoms with Crippen LogP contribution in [0.2, 0.25) is 5.02 Å². The molecule has 0 fully saturated rings. The van der Waals surface area contributed by atoms with Crippen LogP contribution < -0.4 is 14.4 Å². The lowest BCUT2D eigenvalue weighted by atomic mass is 10.1. The minimum Gasteiger partial charge on any atom is -0.497 e. The van der Waals surface area contributed by atoms with Crippen LogP contribution >= 0.6 is 11.6 Å². The Balaban J connectivity index is 1.93. The number of hydrogen-bond donors (Lipinski definition) is 0. The Morgan fingerprint density at radius 3 is 2.42 bits per heavy atom. The summed E-state index contributed by atoms with van der Waals surface area (Å²) in [5, 5.41) is 0.573. The summed E-state index contributed by atoms with van der Waals surface area (Å²) in [6, 6.07) is 13.1. The number of nitrogens with zero attached hydrogens (tertiary/aromatic N) is 1.